The van der Waals surface area contributed by atoms with Crippen molar-refractivity contribution in [3.63, 3.8) is 0 Å². The van der Waals surface area contributed by atoms with Gasteiger partial charge in [-0.1, -0.05) is 17.7 Å². The number of ether oxygens (including phenoxy) is 1. The molecule has 0 aliphatic carbocycles. The van der Waals surface area contributed by atoms with Crippen molar-refractivity contribution in [3.8, 4) is 5.69 Å². The summed E-state index contributed by atoms with van der Waals surface area (Å²) in [5, 5.41) is 5.10. The highest BCUT2D eigenvalue weighted by Gasteiger charge is 2.41. The number of nitrogens with zero attached hydrogens (tertiary/aromatic N) is 4. The summed E-state index contributed by atoms with van der Waals surface area (Å²) in [6.07, 6.45) is 1.85. The van der Waals surface area contributed by atoms with Crippen molar-refractivity contribution in [3.05, 3.63) is 82.4 Å². The van der Waals surface area contributed by atoms with Crippen LogP contribution in [0.5, 0.6) is 0 Å². The predicted octanol–water partition coefficient (Wildman–Crippen LogP) is 4.45. The Bertz CT molecular complexity index is 1140. The van der Waals surface area contributed by atoms with Crippen molar-refractivity contribution in [2.24, 2.45) is 0 Å². The van der Waals surface area contributed by atoms with Crippen LogP contribution in [0.2, 0.25) is 5.02 Å². The number of benzene rings is 1. The van der Waals surface area contributed by atoms with Gasteiger partial charge in [-0.2, -0.15) is 0 Å². The van der Waals surface area contributed by atoms with E-state index in [0.717, 1.165) is 60.9 Å². The molecule has 3 aromatic rings. The fourth-order valence-corrected chi connectivity index (χ4v) is 5.59. The summed E-state index contributed by atoms with van der Waals surface area (Å²) in [4.78, 5) is 9.48. The van der Waals surface area contributed by atoms with E-state index in [0.29, 0.717) is 0 Å². The lowest BCUT2D eigenvalue weighted by Crippen LogP contribution is -2.42. The summed E-state index contributed by atoms with van der Waals surface area (Å²) in [7, 11) is 0. The van der Waals surface area contributed by atoms with E-state index in [1.807, 2.05) is 30.5 Å². The molecule has 2 atom stereocenters. The van der Waals surface area contributed by atoms with Crippen LogP contribution in [-0.2, 0) is 4.74 Å². The van der Waals surface area contributed by atoms with Crippen molar-refractivity contribution in [2.75, 3.05) is 39.4 Å². The van der Waals surface area contributed by atoms with E-state index < -0.39 is 0 Å². The number of aromatic nitrogens is 2. The topological polar surface area (TPSA) is 45.6 Å². The average molecular weight is 496 g/mol. The van der Waals surface area contributed by atoms with Gasteiger partial charge in [0.05, 0.1) is 31.0 Å². The van der Waals surface area contributed by atoms with Crippen molar-refractivity contribution in [1.29, 1.82) is 0 Å². The Kier molecular flexibility index (Phi) is 6.88. The number of rotatable bonds is 6. The Morgan fingerprint density at radius 3 is 2.56 bits per heavy atom. The third-order valence-electron chi connectivity index (χ3n) is 6.83. The first-order valence-corrected chi connectivity index (χ1v) is 12.5. The lowest BCUT2D eigenvalue weighted by atomic mass is 9.96. The summed E-state index contributed by atoms with van der Waals surface area (Å²) in [5.41, 5.74) is 5.75. The predicted molar refractivity (Wildman–Crippen MR) is 140 cm³/mol. The summed E-state index contributed by atoms with van der Waals surface area (Å²) in [5.74, 6) is 0. The highest BCUT2D eigenvalue weighted by Crippen LogP contribution is 2.41. The first kappa shape index (κ1) is 23.3. The highest BCUT2D eigenvalue weighted by atomic mass is 35.5. The molecule has 0 bridgehead atoms. The molecule has 2 saturated heterocycles. The molecule has 6 nitrogen and oxygen atoms in total. The Labute approximate surface area is 211 Å². The smallest absolute Gasteiger partial charge is 0.170 e. The lowest BCUT2D eigenvalue weighted by molar-refractivity contribution is 0.0350. The quantitative estimate of drug-likeness (QED) is 0.510. The van der Waals surface area contributed by atoms with E-state index in [-0.39, 0.29) is 12.1 Å². The number of nitrogens with one attached hydrogen (secondary N) is 1. The minimum atomic E-state index is -0.0162. The monoisotopic (exact) mass is 495 g/mol. The minimum Gasteiger partial charge on any atom is -0.379 e. The molecule has 4 heterocycles. The van der Waals surface area contributed by atoms with Crippen LogP contribution in [0.15, 0.2) is 54.7 Å². The largest absolute Gasteiger partial charge is 0.379 e. The van der Waals surface area contributed by atoms with Gasteiger partial charge in [0.15, 0.2) is 5.11 Å². The van der Waals surface area contributed by atoms with E-state index >= 15 is 0 Å². The molecule has 2 fully saturated rings. The lowest BCUT2D eigenvalue weighted by Gasteiger charge is -2.32. The molecular weight excluding hydrogens is 466 g/mol. The number of hydrogen-bond acceptors (Lipinski definition) is 4. The Morgan fingerprint density at radius 2 is 1.85 bits per heavy atom. The van der Waals surface area contributed by atoms with Gasteiger partial charge in [-0.3, -0.25) is 9.88 Å². The van der Waals surface area contributed by atoms with Crippen LogP contribution in [-0.4, -0.2) is 63.9 Å². The molecule has 1 N–H and O–H groups in total. The number of halogens is 1. The van der Waals surface area contributed by atoms with Crippen molar-refractivity contribution >= 4 is 28.9 Å². The highest BCUT2D eigenvalue weighted by molar-refractivity contribution is 7.80. The average Bonchev–Trinajstić information content (AvgIpc) is 3.34. The molecule has 0 unspecified atom stereocenters. The SMILES string of the molecule is Cc1cc([C@H]2[C@H](c3ccccn3)NC(=S)N2CCN2CCOCC2)c(C)n1-c1ccc(Cl)cc1. The van der Waals surface area contributed by atoms with Gasteiger partial charge in [-0.15, -0.1) is 0 Å². The number of morpholine rings is 1. The van der Waals surface area contributed by atoms with Crippen LogP contribution in [0, 0.1) is 13.8 Å². The zero-order chi connectivity index (χ0) is 23.7. The second-order valence-electron chi connectivity index (χ2n) is 8.91. The Morgan fingerprint density at radius 1 is 1.09 bits per heavy atom. The second kappa shape index (κ2) is 10.0. The van der Waals surface area contributed by atoms with Crippen LogP contribution in [0.4, 0.5) is 0 Å². The number of hydrogen-bond donors (Lipinski definition) is 1. The fraction of sp³-hybridized carbons (Fsp3) is 0.385. The zero-order valence-corrected chi connectivity index (χ0v) is 21.1. The van der Waals surface area contributed by atoms with Crippen LogP contribution in [0.25, 0.3) is 5.69 Å². The van der Waals surface area contributed by atoms with Crippen LogP contribution in [0.1, 0.15) is 34.7 Å². The maximum atomic E-state index is 6.15. The molecular formula is C26H30ClN5OS. The molecule has 0 spiro atoms. The molecule has 2 aromatic heterocycles. The van der Waals surface area contributed by atoms with E-state index in [9.17, 15) is 0 Å². The standard InChI is InChI=1S/C26H30ClN5OS/c1-18-17-22(19(2)32(18)21-8-6-20(27)7-9-21)25-24(23-5-3-4-10-28-23)29-26(34)31(25)12-11-30-13-15-33-16-14-30/h3-10,17,24-25H,11-16H2,1-2H3,(H,29,34)/t24-,25-/m0/s1. The molecule has 34 heavy (non-hydrogen) atoms. The van der Waals surface area contributed by atoms with Gasteiger partial charge in [0.1, 0.15) is 0 Å². The number of aryl methyl sites for hydroxylation is 1. The molecule has 5 rings (SSSR count). The summed E-state index contributed by atoms with van der Waals surface area (Å²) < 4.78 is 7.82. The van der Waals surface area contributed by atoms with Gasteiger partial charge in [0.2, 0.25) is 0 Å². The molecule has 1 aromatic carbocycles. The number of pyridine rings is 1. The zero-order valence-electron chi connectivity index (χ0n) is 19.6. The Balaban J connectivity index is 1.52. The number of thiocarbonyl (C=S) groups is 1. The van der Waals surface area contributed by atoms with Crippen LogP contribution in [0.3, 0.4) is 0 Å². The summed E-state index contributed by atoms with van der Waals surface area (Å²) >= 11 is 12.0. The van der Waals surface area contributed by atoms with Crippen LogP contribution >= 0.6 is 23.8 Å². The molecule has 2 aliphatic heterocycles. The minimum absolute atomic E-state index is 0.0162. The van der Waals surface area contributed by atoms with Crippen molar-refractivity contribution < 1.29 is 4.74 Å². The van der Waals surface area contributed by atoms with E-state index in [4.69, 9.17) is 28.6 Å². The Hall–Kier alpha value is -2.45. The molecule has 0 amide bonds. The van der Waals surface area contributed by atoms with E-state index in [1.54, 1.807) is 0 Å². The first-order chi connectivity index (χ1) is 16.5. The van der Waals surface area contributed by atoms with Gasteiger partial charge < -0.3 is 19.5 Å². The fourth-order valence-electron chi connectivity index (χ4n) is 5.13. The van der Waals surface area contributed by atoms with Gasteiger partial charge in [0.25, 0.3) is 0 Å². The third-order valence-corrected chi connectivity index (χ3v) is 7.44. The second-order valence-corrected chi connectivity index (χ2v) is 9.74. The maximum Gasteiger partial charge on any atom is 0.170 e. The van der Waals surface area contributed by atoms with Crippen molar-refractivity contribution in [2.45, 2.75) is 25.9 Å². The van der Waals surface area contributed by atoms with E-state index in [1.165, 1.54) is 17.0 Å². The van der Waals surface area contributed by atoms with Crippen LogP contribution < -0.4 is 5.32 Å². The maximum absolute atomic E-state index is 6.15. The van der Waals surface area contributed by atoms with Gasteiger partial charge in [-0.05, 0) is 74.1 Å². The van der Waals surface area contributed by atoms with Gasteiger partial charge in [-0.25, -0.2) is 0 Å². The molecule has 8 heteroatoms. The first-order valence-electron chi connectivity index (χ1n) is 11.8. The molecule has 0 radical (unpaired) electrons. The molecule has 178 valence electrons. The molecule has 2 aliphatic rings. The van der Waals surface area contributed by atoms with E-state index in [2.05, 4.69) is 62.8 Å². The van der Waals surface area contributed by atoms with Gasteiger partial charge in [0, 0.05) is 54.5 Å². The van der Waals surface area contributed by atoms with Gasteiger partial charge >= 0.3 is 0 Å². The molecule has 0 saturated carbocycles. The third kappa shape index (κ3) is 4.58. The van der Waals surface area contributed by atoms with Crippen molar-refractivity contribution in [1.82, 2.24) is 24.7 Å². The summed E-state index contributed by atoms with van der Waals surface area (Å²) in [6, 6.07) is 16.4. The normalized spacial score (nSPS) is 21.1. The summed E-state index contributed by atoms with van der Waals surface area (Å²) in [6.45, 7) is 9.67.